The zero-order valence-corrected chi connectivity index (χ0v) is 8.58. The molecule has 0 fully saturated rings. The van der Waals surface area contributed by atoms with Crippen molar-refractivity contribution in [2.45, 2.75) is 26.3 Å². The number of hydrogen-bond donors (Lipinski definition) is 2. The first-order chi connectivity index (χ1) is 6.58. The Morgan fingerprint density at radius 2 is 2.29 bits per heavy atom. The Bertz CT molecular complexity index is 321. The molecule has 0 aromatic heterocycles. The van der Waals surface area contributed by atoms with Gasteiger partial charge in [0.1, 0.15) is 0 Å². The van der Waals surface area contributed by atoms with Crippen molar-refractivity contribution in [3.63, 3.8) is 0 Å². The quantitative estimate of drug-likeness (QED) is 0.765. The van der Waals surface area contributed by atoms with E-state index < -0.39 is 0 Å². The van der Waals surface area contributed by atoms with Gasteiger partial charge in [0.05, 0.1) is 0 Å². The summed E-state index contributed by atoms with van der Waals surface area (Å²) in [7, 11) is 0. The summed E-state index contributed by atoms with van der Waals surface area (Å²) >= 11 is 0. The van der Waals surface area contributed by atoms with Gasteiger partial charge in [0.25, 0.3) is 0 Å². The largest absolute Gasteiger partial charge is 0.327 e. The van der Waals surface area contributed by atoms with E-state index in [0.29, 0.717) is 6.42 Å². The van der Waals surface area contributed by atoms with Gasteiger partial charge >= 0.3 is 0 Å². The first-order valence-corrected chi connectivity index (χ1v) is 4.70. The third-order valence-corrected chi connectivity index (χ3v) is 1.81. The summed E-state index contributed by atoms with van der Waals surface area (Å²) < 4.78 is 0. The summed E-state index contributed by atoms with van der Waals surface area (Å²) in [6.07, 6.45) is 0.355. The maximum atomic E-state index is 11.3. The first-order valence-electron chi connectivity index (χ1n) is 4.70. The third-order valence-electron chi connectivity index (χ3n) is 1.81. The molecular formula is C11H16N2O. The lowest BCUT2D eigenvalue weighted by atomic mass is 10.2. The van der Waals surface area contributed by atoms with Gasteiger partial charge in [-0.3, -0.25) is 4.79 Å². The molecule has 1 aromatic carbocycles. The molecule has 1 unspecified atom stereocenters. The van der Waals surface area contributed by atoms with Crippen molar-refractivity contribution in [2.24, 2.45) is 5.73 Å². The number of hydrogen-bond acceptors (Lipinski definition) is 2. The Morgan fingerprint density at radius 1 is 1.57 bits per heavy atom. The van der Waals surface area contributed by atoms with Crippen LogP contribution in [0, 0.1) is 6.92 Å². The second kappa shape index (κ2) is 4.77. The molecule has 1 aromatic rings. The number of rotatable bonds is 3. The molecule has 1 rings (SSSR count). The molecule has 1 atom stereocenters. The molecule has 0 saturated carbocycles. The molecule has 0 bridgehead atoms. The van der Waals surface area contributed by atoms with Crippen LogP contribution in [0.5, 0.6) is 0 Å². The van der Waals surface area contributed by atoms with E-state index in [2.05, 4.69) is 5.32 Å². The molecule has 0 radical (unpaired) electrons. The van der Waals surface area contributed by atoms with Crippen LogP contribution in [0.25, 0.3) is 0 Å². The molecule has 0 aliphatic carbocycles. The summed E-state index contributed by atoms with van der Waals surface area (Å²) in [6.45, 7) is 3.80. The zero-order chi connectivity index (χ0) is 10.6. The lowest BCUT2D eigenvalue weighted by Crippen LogP contribution is -2.23. The van der Waals surface area contributed by atoms with Crippen molar-refractivity contribution in [1.82, 2.24) is 0 Å². The molecule has 0 heterocycles. The molecule has 0 spiro atoms. The van der Waals surface area contributed by atoms with Crippen LogP contribution in [0.15, 0.2) is 24.3 Å². The molecule has 0 aliphatic rings. The van der Waals surface area contributed by atoms with Crippen LogP contribution < -0.4 is 11.1 Å². The smallest absolute Gasteiger partial charge is 0.225 e. The third kappa shape index (κ3) is 3.58. The van der Waals surface area contributed by atoms with Crippen LogP contribution >= 0.6 is 0 Å². The summed E-state index contributed by atoms with van der Waals surface area (Å²) in [5.41, 5.74) is 7.47. The van der Waals surface area contributed by atoms with Crippen molar-refractivity contribution < 1.29 is 4.79 Å². The Morgan fingerprint density at radius 3 is 2.86 bits per heavy atom. The standard InChI is InChI=1S/C11H16N2O/c1-8-4-3-5-10(6-8)13-11(14)7-9(2)12/h3-6,9H,7,12H2,1-2H3,(H,13,14). The highest BCUT2D eigenvalue weighted by molar-refractivity contribution is 5.91. The molecule has 0 saturated heterocycles. The van der Waals surface area contributed by atoms with Gasteiger partial charge in [0.15, 0.2) is 0 Å². The van der Waals surface area contributed by atoms with E-state index in [0.717, 1.165) is 11.3 Å². The van der Waals surface area contributed by atoms with E-state index in [1.54, 1.807) is 0 Å². The lowest BCUT2D eigenvalue weighted by Gasteiger charge is -2.07. The topological polar surface area (TPSA) is 55.1 Å². The molecular weight excluding hydrogens is 176 g/mol. The lowest BCUT2D eigenvalue weighted by molar-refractivity contribution is -0.116. The number of carbonyl (C=O) groups is 1. The van der Waals surface area contributed by atoms with E-state index in [1.165, 1.54) is 0 Å². The number of aryl methyl sites for hydroxylation is 1. The Balaban J connectivity index is 2.56. The molecule has 3 nitrogen and oxygen atoms in total. The van der Waals surface area contributed by atoms with Crippen LogP contribution in [-0.2, 0) is 4.79 Å². The van der Waals surface area contributed by atoms with Crippen molar-refractivity contribution in [1.29, 1.82) is 0 Å². The number of nitrogens with two attached hydrogens (primary N) is 1. The molecule has 76 valence electrons. The summed E-state index contributed by atoms with van der Waals surface area (Å²) in [4.78, 5) is 11.3. The molecule has 3 heteroatoms. The van der Waals surface area contributed by atoms with Crippen LogP contribution in [0.4, 0.5) is 5.69 Å². The van der Waals surface area contributed by atoms with Crippen LogP contribution in [-0.4, -0.2) is 11.9 Å². The van der Waals surface area contributed by atoms with Crippen molar-refractivity contribution >= 4 is 11.6 Å². The van der Waals surface area contributed by atoms with E-state index >= 15 is 0 Å². The predicted octanol–water partition coefficient (Wildman–Crippen LogP) is 1.67. The molecule has 14 heavy (non-hydrogen) atoms. The van der Waals surface area contributed by atoms with Gasteiger partial charge in [-0.2, -0.15) is 0 Å². The minimum absolute atomic E-state index is 0.0365. The maximum absolute atomic E-state index is 11.3. The highest BCUT2D eigenvalue weighted by atomic mass is 16.1. The van der Waals surface area contributed by atoms with Crippen LogP contribution in [0.1, 0.15) is 18.9 Å². The van der Waals surface area contributed by atoms with Crippen LogP contribution in [0.2, 0.25) is 0 Å². The average Bonchev–Trinajstić information content (AvgIpc) is 2.01. The number of benzene rings is 1. The predicted molar refractivity (Wildman–Crippen MR) is 58.1 cm³/mol. The maximum Gasteiger partial charge on any atom is 0.225 e. The Kier molecular flexibility index (Phi) is 3.65. The average molecular weight is 192 g/mol. The van der Waals surface area contributed by atoms with E-state index in [4.69, 9.17) is 5.73 Å². The van der Waals surface area contributed by atoms with Gasteiger partial charge in [-0.25, -0.2) is 0 Å². The van der Waals surface area contributed by atoms with Gasteiger partial charge in [0, 0.05) is 18.2 Å². The normalized spacial score (nSPS) is 12.2. The van der Waals surface area contributed by atoms with Crippen molar-refractivity contribution in [3.8, 4) is 0 Å². The van der Waals surface area contributed by atoms with Gasteiger partial charge < -0.3 is 11.1 Å². The zero-order valence-electron chi connectivity index (χ0n) is 8.58. The summed E-state index contributed by atoms with van der Waals surface area (Å²) in [6, 6.07) is 7.60. The van der Waals surface area contributed by atoms with E-state index in [9.17, 15) is 4.79 Å². The van der Waals surface area contributed by atoms with Gasteiger partial charge in [-0.1, -0.05) is 12.1 Å². The number of amides is 1. The second-order valence-corrected chi connectivity index (χ2v) is 3.60. The molecule has 0 aliphatic heterocycles. The minimum atomic E-state index is -0.0974. The van der Waals surface area contributed by atoms with E-state index in [-0.39, 0.29) is 11.9 Å². The number of carbonyl (C=O) groups excluding carboxylic acids is 1. The van der Waals surface area contributed by atoms with Crippen molar-refractivity contribution in [3.05, 3.63) is 29.8 Å². The van der Waals surface area contributed by atoms with Crippen molar-refractivity contribution in [2.75, 3.05) is 5.32 Å². The van der Waals surface area contributed by atoms with Gasteiger partial charge in [-0.05, 0) is 31.5 Å². The second-order valence-electron chi connectivity index (χ2n) is 3.60. The number of nitrogens with one attached hydrogen (secondary N) is 1. The van der Waals surface area contributed by atoms with Crippen LogP contribution in [0.3, 0.4) is 0 Å². The minimum Gasteiger partial charge on any atom is -0.327 e. The highest BCUT2D eigenvalue weighted by Crippen LogP contribution is 2.09. The summed E-state index contributed by atoms with van der Waals surface area (Å²) in [5.74, 6) is -0.0365. The molecule has 1 amide bonds. The monoisotopic (exact) mass is 192 g/mol. The fraction of sp³-hybridized carbons (Fsp3) is 0.364. The Labute approximate surface area is 84.3 Å². The Hall–Kier alpha value is -1.35. The summed E-state index contributed by atoms with van der Waals surface area (Å²) in [5, 5.41) is 2.80. The first kappa shape index (κ1) is 10.7. The molecule has 3 N–H and O–H groups in total. The number of anilines is 1. The SMILES string of the molecule is Cc1cccc(NC(=O)CC(C)N)c1. The highest BCUT2D eigenvalue weighted by Gasteiger charge is 2.04. The van der Waals surface area contributed by atoms with Gasteiger partial charge in [-0.15, -0.1) is 0 Å². The fourth-order valence-corrected chi connectivity index (χ4v) is 1.23. The fourth-order valence-electron chi connectivity index (χ4n) is 1.23. The van der Waals surface area contributed by atoms with Gasteiger partial charge in [0.2, 0.25) is 5.91 Å². The van der Waals surface area contributed by atoms with E-state index in [1.807, 2.05) is 38.1 Å².